The number of hydrogen-bond donors (Lipinski definition) is 1. The van der Waals surface area contributed by atoms with Crippen LogP contribution in [0.1, 0.15) is 35.6 Å². The van der Waals surface area contributed by atoms with E-state index in [0.29, 0.717) is 12.6 Å². The second-order valence-corrected chi connectivity index (χ2v) is 4.20. The van der Waals surface area contributed by atoms with Crippen molar-refractivity contribution in [3.63, 3.8) is 0 Å². The van der Waals surface area contributed by atoms with Gasteiger partial charge in [-0.15, -0.1) is 0 Å². The average molecular weight is 209 g/mol. The second kappa shape index (κ2) is 3.34. The highest BCUT2D eigenvalue weighted by Crippen LogP contribution is 2.26. The number of aromatic carboxylic acids is 1. The minimum atomic E-state index is -0.933. The summed E-state index contributed by atoms with van der Waals surface area (Å²) in [6.45, 7) is 5.71. The molecule has 0 saturated heterocycles. The van der Waals surface area contributed by atoms with Gasteiger partial charge in [0.1, 0.15) is 0 Å². The van der Waals surface area contributed by atoms with Gasteiger partial charge in [0.15, 0.2) is 5.69 Å². The molecule has 82 valence electrons. The van der Waals surface area contributed by atoms with Crippen molar-refractivity contribution in [2.45, 2.75) is 33.0 Å². The number of carbonyl (C=O) groups is 1. The molecule has 0 radical (unpaired) electrons. The minimum Gasteiger partial charge on any atom is -0.476 e. The maximum Gasteiger partial charge on any atom is 0.356 e. The van der Waals surface area contributed by atoms with Crippen molar-refractivity contribution in [2.75, 3.05) is 0 Å². The molecular formula is C10H15N3O2. The van der Waals surface area contributed by atoms with Crippen molar-refractivity contribution in [1.29, 1.82) is 0 Å². The molecule has 1 N–H and O–H groups in total. The Kier molecular flexibility index (Phi) is 2.26. The Balaban J connectivity index is 2.38. The Bertz CT molecular complexity index is 409. The molecule has 0 spiro atoms. The molecule has 0 unspecified atom stereocenters. The monoisotopic (exact) mass is 209 g/mol. The van der Waals surface area contributed by atoms with E-state index in [1.165, 1.54) is 0 Å². The summed E-state index contributed by atoms with van der Waals surface area (Å²) in [7, 11) is 1.80. The fourth-order valence-electron chi connectivity index (χ4n) is 1.95. The lowest BCUT2D eigenvalue weighted by molar-refractivity contribution is 0.0687. The van der Waals surface area contributed by atoms with E-state index in [2.05, 4.69) is 23.8 Å². The topological polar surface area (TPSA) is 58.4 Å². The Morgan fingerprint density at radius 1 is 1.47 bits per heavy atom. The van der Waals surface area contributed by atoms with Gasteiger partial charge in [0.05, 0.1) is 5.69 Å². The van der Waals surface area contributed by atoms with Crippen LogP contribution in [0.2, 0.25) is 0 Å². The summed E-state index contributed by atoms with van der Waals surface area (Å²) in [6.07, 6.45) is 0. The minimum absolute atomic E-state index is 0.204. The number of aromatic nitrogens is 2. The van der Waals surface area contributed by atoms with E-state index in [1.54, 1.807) is 11.7 Å². The SMILES string of the molecule is CC(C)N1Cc2c(C(=O)O)nn(C)c2C1. The van der Waals surface area contributed by atoms with Crippen LogP contribution in [0.15, 0.2) is 0 Å². The number of fused-ring (bicyclic) bond motifs is 1. The highest BCUT2D eigenvalue weighted by molar-refractivity contribution is 5.87. The molecule has 2 heterocycles. The lowest BCUT2D eigenvalue weighted by Crippen LogP contribution is -2.26. The van der Waals surface area contributed by atoms with E-state index in [9.17, 15) is 4.79 Å². The molecular weight excluding hydrogens is 194 g/mol. The van der Waals surface area contributed by atoms with Gasteiger partial charge in [0, 0.05) is 31.7 Å². The number of nitrogens with zero attached hydrogens (tertiary/aromatic N) is 3. The first-order chi connectivity index (χ1) is 7.00. The molecule has 0 fully saturated rings. The highest BCUT2D eigenvalue weighted by atomic mass is 16.4. The predicted octanol–water partition coefficient (Wildman–Crippen LogP) is 0.842. The molecule has 1 aliphatic heterocycles. The molecule has 0 bridgehead atoms. The summed E-state index contributed by atoms with van der Waals surface area (Å²) in [4.78, 5) is 13.2. The molecule has 5 nitrogen and oxygen atoms in total. The summed E-state index contributed by atoms with van der Waals surface area (Å²) in [5.74, 6) is -0.933. The van der Waals surface area contributed by atoms with Crippen molar-refractivity contribution in [2.24, 2.45) is 7.05 Å². The summed E-state index contributed by atoms with van der Waals surface area (Å²) in [5.41, 5.74) is 2.11. The van der Waals surface area contributed by atoms with Gasteiger partial charge in [-0.25, -0.2) is 4.79 Å². The number of hydrogen-bond acceptors (Lipinski definition) is 3. The van der Waals surface area contributed by atoms with Gasteiger partial charge in [-0.3, -0.25) is 9.58 Å². The van der Waals surface area contributed by atoms with Crippen molar-refractivity contribution in [3.8, 4) is 0 Å². The van der Waals surface area contributed by atoms with E-state index < -0.39 is 5.97 Å². The third-order valence-electron chi connectivity index (χ3n) is 2.92. The molecule has 0 atom stereocenters. The van der Waals surface area contributed by atoms with Gasteiger partial charge < -0.3 is 5.11 Å². The Hall–Kier alpha value is -1.36. The van der Waals surface area contributed by atoms with Gasteiger partial charge in [0.25, 0.3) is 0 Å². The number of carboxylic acids is 1. The second-order valence-electron chi connectivity index (χ2n) is 4.20. The van der Waals surface area contributed by atoms with Gasteiger partial charge in [0.2, 0.25) is 0 Å². The average Bonchev–Trinajstić information content (AvgIpc) is 2.66. The molecule has 0 aliphatic carbocycles. The van der Waals surface area contributed by atoms with Crippen LogP contribution in [0.4, 0.5) is 0 Å². The molecule has 15 heavy (non-hydrogen) atoms. The van der Waals surface area contributed by atoms with E-state index in [0.717, 1.165) is 17.8 Å². The Labute approximate surface area is 88.3 Å². The summed E-state index contributed by atoms with van der Waals surface area (Å²) < 4.78 is 1.68. The number of rotatable bonds is 2. The van der Waals surface area contributed by atoms with Crippen molar-refractivity contribution < 1.29 is 9.90 Å². The van der Waals surface area contributed by atoms with Crippen molar-refractivity contribution >= 4 is 5.97 Å². The first kappa shape index (κ1) is 10.2. The molecule has 2 rings (SSSR count). The highest BCUT2D eigenvalue weighted by Gasteiger charge is 2.30. The summed E-state index contributed by atoms with van der Waals surface area (Å²) in [5, 5.41) is 13.0. The summed E-state index contributed by atoms with van der Waals surface area (Å²) >= 11 is 0. The zero-order chi connectivity index (χ0) is 11.2. The smallest absolute Gasteiger partial charge is 0.356 e. The van der Waals surface area contributed by atoms with Gasteiger partial charge in [-0.05, 0) is 13.8 Å². The van der Waals surface area contributed by atoms with Gasteiger partial charge >= 0.3 is 5.97 Å². The van der Waals surface area contributed by atoms with Crippen LogP contribution < -0.4 is 0 Å². The van der Waals surface area contributed by atoms with Crippen LogP contribution >= 0.6 is 0 Å². The molecule has 1 aliphatic rings. The fourth-order valence-corrected chi connectivity index (χ4v) is 1.95. The van der Waals surface area contributed by atoms with E-state index in [1.807, 2.05) is 0 Å². The molecule has 0 aromatic carbocycles. The number of carboxylic acid groups (broad SMARTS) is 1. The van der Waals surface area contributed by atoms with Crippen LogP contribution in [0.3, 0.4) is 0 Å². The maximum absolute atomic E-state index is 11.0. The largest absolute Gasteiger partial charge is 0.476 e. The predicted molar refractivity (Wildman–Crippen MR) is 54.6 cm³/mol. The van der Waals surface area contributed by atoms with Crippen LogP contribution in [0, 0.1) is 0 Å². The molecule has 1 aromatic rings. The van der Waals surface area contributed by atoms with E-state index in [4.69, 9.17) is 5.11 Å². The van der Waals surface area contributed by atoms with E-state index in [-0.39, 0.29) is 5.69 Å². The quantitative estimate of drug-likeness (QED) is 0.784. The third-order valence-corrected chi connectivity index (χ3v) is 2.92. The van der Waals surface area contributed by atoms with Crippen molar-refractivity contribution in [3.05, 3.63) is 17.0 Å². The molecule has 0 amide bonds. The Morgan fingerprint density at radius 3 is 2.67 bits per heavy atom. The summed E-state index contributed by atoms with van der Waals surface area (Å²) in [6, 6.07) is 0.430. The lowest BCUT2D eigenvalue weighted by Gasteiger charge is -2.19. The first-order valence-electron chi connectivity index (χ1n) is 5.02. The van der Waals surface area contributed by atoms with Crippen LogP contribution in [-0.4, -0.2) is 31.8 Å². The fraction of sp³-hybridized carbons (Fsp3) is 0.600. The normalized spacial score (nSPS) is 16.0. The first-order valence-corrected chi connectivity index (χ1v) is 5.02. The Morgan fingerprint density at radius 2 is 2.13 bits per heavy atom. The van der Waals surface area contributed by atoms with Gasteiger partial charge in [-0.2, -0.15) is 5.10 Å². The lowest BCUT2D eigenvalue weighted by atomic mass is 10.2. The maximum atomic E-state index is 11.0. The molecule has 1 aromatic heterocycles. The third kappa shape index (κ3) is 1.52. The van der Waals surface area contributed by atoms with Crippen molar-refractivity contribution in [1.82, 2.24) is 14.7 Å². The molecule has 5 heteroatoms. The van der Waals surface area contributed by atoms with Gasteiger partial charge in [-0.1, -0.05) is 0 Å². The zero-order valence-electron chi connectivity index (χ0n) is 9.19. The van der Waals surface area contributed by atoms with Crippen LogP contribution in [0.5, 0.6) is 0 Å². The standard InChI is InChI=1S/C10H15N3O2/c1-6(2)13-4-7-8(5-13)12(3)11-9(7)10(14)15/h6H,4-5H2,1-3H3,(H,14,15). The molecule has 0 saturated carbocycles. The number of aryl methyl sites for hydroxylation is 1. The van der Waals surface area contributed by atoms with Crippen LogP contribution in [-0.2, 0) is 20.1 Å². The van der Waals surface area contributed by atoms with E-state index >= 15 is 0 Å². The zero-order valence-corrected chi connectivity index (χ0v) is 9.19. The van der Waals surface area contributed by atoms with Crippen LogP contribution in [0.25, 0.3) is 0 Å².